The van der Waals surface area contributed by atoms with Gasteiger partial charge in [-0.3, -0.25) is 9.59 Å². The minimum Gasteiger partial charge on any atom is -0.494 e. The number of amides is 2. The Hall–Kier alpha value is -6.48. The van der Waals surface area contributed by atoms with Gasteiger partial charge in [-0.05, 0) is 88.6 Å². The Kier molecular flexibility index (Phi) is 10.5. The Balaban J connectivity index is 0.000000172. The van der Waals surface area contributed by atoms with Crippen molar-refractivity contribution in [1.29, 1.82) is 5.26 Å². The molecule has 5 aromatic rings. The van der Waals surface area contributed by atoms with Crippen LogP contribution in [0.1, 0.15) is 87.8 Å². The number of hydrogen-bond donors (Lipinski definition) is 0. The van der Waals surface area contributed by atoms with E-state index < -0.39 is 40.7 Å². The van der Waals surface area contributed by atoms with E-state index in [-0.39, 0.29) is 12.3 Å². The second-order valence-corrected chi connectivity index (χ2v) is 17.3. The molecule has 12 heteroatoms. The summed E-state index contributed by atoms with van der Waals surface area (Å²) in [6, 6.07) is 35.4. The van der Waals surface area contributed by atoms with Crippen molar-refractivity contribution in [2.45, 2.75) is 89.1 Å². The van der Waals surface area contributed by atoms with Crippen LogP contribution in [0.2, 0.25) is 0 Å². The molecule has 0 N–H and O–H groups in total. The fraction of sp³-hybridized carbons (Fsp3) is 0.340. The van der Waals surface area contributed by atoms with Gasteiger partial charge < -0.3 is 28.7 Å². The number of anilines is 2. The lowest BCUT2D eigenvalue weighted by molar-refractivity contribution is -0.135. The van der Waals surface area contributed by atoms with E-state index >= 15 is 0 Å². The third-order valence-corrected chi connectivity index (χ3v) is 11.9. The van der Waals surface area contributed by atoms with Gasteiger partial charge in [0.2, 0.25) is 11.8 Å². The number of nitriles is 1. The van der Waals surface area contributed by atoms with Crippen LogP contribution in [-0.4, -0.2) is 49.0 Å². The van der Waals surface area contributed by atoms with Gasteiger partial charge in [0.1, 0.15) is 51.6 Å². The lowest BCUT2D eigenvalue weighted by Gasteiger charge is -2.43. The maximum absolute atomic E-state index is 14.4. The Bertz CT molecular complexity index is 2620. The van der Waals surface area contributed by atoms with Crippen molar-refractivity contribution in [2.75, 3.05) is 29.6 Å². The SMILES string of the molecule is CCOc1ccc2c(c1)OC(C)(C)CC21C(=O)N(CC(F)(F)F)c2ccccc21.CCOc1ccc2c(c1)OC(C)(C)CC21C(=O)N(Cc2ccccc2C#N)c2ccccc21. The minimum atomic E-state index is -4.50. The van der Waals surface area contributed by atoms with Crippen LogP contribution < -0.4 is 28.7 Å². The van der Waals surface area contributed by atoms with Crippen molar-refractivity contribution in [2.24, 2.45) is 0 Å². The van der Waals surface area contributed by atoms with Gasteiger partial charge in [-0.2, -0.15) is 18.4 Å². The fourth-order valence-electron chi connectivity index (χ4n) is 9.87. The van der Waals surface area contributed by atoms with Crippen molar-refractivity contribution < 1.29 is 41.7 Å². The zero-order chi connectivity index (χ0) is 44.2. The fourth-order valence-corrected chi connectivity index (χ4v) is 9.87. The number of hydrogen-bond acceptors (Lipinski definition) is 7. The molecule has 0 radical (unpaired) electrons. The van der Waals surface area contributed by atoms with E-state index in [0.717, 1.165) is 33.0 Å². The molecule has 0 saturated heterocycles. The number of ether oxygens (including phenoxy) is 4. The number of benzene rings is 5. The van der Waals surface area contributed by atoms with Gasteiger partial charge in [0.15, 0.2) is 0 Å². The number of carbonyl (C=O) groups is 2. The Morgan fingerprint density at radius 3 is 1.58 bits per heavy atom. The highest BCUT2D eigenvalue weighted by Crippen LogP contribution is 2.58. The van der Waals surface area contributed by atoms with Crippen LogP contribution >= 0.6 is 0 Å². The van der Waals surface area contributed by atoms with E-state index in [4.69, 9.17) is 18.9 Å². The number of halogens is 3. The molecule has 2 spiro atoms. The standard InChI is InChI=1S/C28H26N2O3.C22H22F3NO3/c1-4-32-21-13-14-23-25(15-21)33-27(2,3)18-28(23)22-11-7-8-12-24(22)30(26(28)31)17-20-10-6-5-9-19(20)16-29;1-4-28-14-9-10-16-18(11-14)29-20(2,3)12-21(16)15-7-5-6-8-17(15)26(19(21)27)13-22(23,24)25/h5-15H,4,17-18H2,1-3H3;5-11H,4,12-13H2,1-3H3. The minimum absolute atomic E-state index is 0.0122. The van der Waals surface area contributed by atoms with Gasteiger partial charge in [-0.25, -0.2) is 0 Å². The molecule has 9 nitrogen and oxygen atoms in total. The number of fused-ring (bicyclic) bond motifs is 8. The molecule has 2 atom stereocenters. The first-order valence-electron chi connectivity index (χ1n) is 20.8. The molecule has 0 bridgehead atoms. The predicted octanol–water partition coefficient (Wildman–Crippen LogP) is 10.2. The van der Waals surface area contributed by atoms with Crippen molar-refractivity contribution in [3.63, 3.8) is 0 Å². The summed E-state index contributed by atoms with van der Waals surface area (Å²) in [6.45, 7) is 11.6. The second kappa shape index (κ2) is 15.5. The first-order valence-corrected chi connectivity index (χ1v) is 20.8. The first kappa shape index (κ1) is 42.2. The van der Waals surface area contributed by atoms with Crippen molar-refractivity contribution in [1.82, 2.24) is 0 Å². The molecule has 2 unspecified atom stereocenters. The highest BCUT2D eigenvalue weighted by atomic mass is 19.4. The maximum atomic E-state index is 14.4. The van der Waals surface area contributed by atoms with Crippen LogP contribution in [0.5, 0.6) is 23.0 Å². The number of carbonyl (C=O) groups excluding carboxylic acids is 2. The maximum Gasteiger partial charge on any atom is 0.406 e. The zero-order valence-corrected chi connectivity index (χ0v) is 35.6. The Morgan fingerprint density at radius 2 is 1.10 bits per heavy atom. The van der Waals surface area contributed by atoms with Gasteiger partial charge in [-0.15, -0.1) is 0 Å². The summed E-state index contributed by atoms with van der Waals surface area (Å²) in [6.07, 6.45) is -3.74. The summed E-state index contributed by atoms with van der Waals surface area (Å²) < 4.78 is 63.6. The van der Waals surface area contributed by atoms with Gasteiger partial charge in [-0.1, -0.05) is 66.7 Å². The number of rotatable bonds is 7. The average molecular weight is 844 g/mol. The molecule has 62 heavy (non-hydrogen) atoms. The van der Waals surface area contributed by atoms with Crippen LogP contribution in [0.25, 0.3) is 0 Å². The monoisotopic (exact) mass is 843 g/mol. The highest BCUT2D eigenvalue weighted by molar-refractivity contribution is 6.12. The average Bonchev–Trinajstić information content (AvgIpc) is 3.57. The van der Waals surface area contributed by atoms with Crippen molar-refractivity contribution in [3.8, 4) is 29.1 Å². The third kappa shape index (κ3) is 7.17. The quantitative estimate of drug-likeness (QED) is 0.161. The molecule has 0 aliphatic carbocycles. The number of alkyl halides is 3. The summed E-state index contributed by atoms with van der Waals surface area (Å²) in [5.41, 5.74) is 2.18. The highest BCUT2D eigenvalue weighted by Gasteiger charge is 2.60. The van der Waals surface area contributed by atoms with E-state index in [1.807, 2.05) is 107 Å². The first-order chi connectivity index (χ1) is 29.5. The van der Waals surface area contributed by atoms with E-state index in [1.165, 1.54) is 0 Å². The van der Waals surface area contributed by atoms with E-state index in [2.05, 4.69) is 6.07 Å². The van der Waals surface area contributed by atoms with Crippen molar-refractivity contribution in [3.05, 3.63) is 143 Å². The molecule has 4 heterocycles. The van der Waals surface area contributed by atoms with E-state index in [1.54, 1.807) is 48.5 Å². The molecule has 320 valence electrons. The normalized spacial score (nSPS) is 21.1. The molecule has 4 aliphatic rings. The molecule has 0 aromatic heterocycles. The Morgan fingerprint density at radius 1 is 0.645 bits per heavy atom. The summed E-state index contributed by atoms with van der Waals surface area (Å²) >= 11 is 0. The van der Waals surface area contributed by atoms with Crippen LogP contribution in [-0.2, 0) is 27.0 Å². The summed E-state index contributed by atoms with van der Waals surface area (Å²) in [7, 11) is 0. The van der Waals surface area contributed by atoms with Crippen LogP contribution in [0.15, 0.2) is 109 Å². The van der Waals surface area contributed by atoms with Crippen LogP contribution in [0, 0.1) is 11.3 Å². The number of nitrogens with zero attached hydrogens (tertiary/aromatic N) is 3. The summed E-state index contributed by atoms with van der Waals surface area (Å²) in [5.74, 6) is 1.90. The summed E-state index contributed by atoms with van der Waals surface area (Å²) in [5, 5.41) is 9.58. The predicted molar refractivity (Wildman–Crippen MR) is 229 cm³/mol. The largest absolute Gasteiger partial charge is 0.494 e. The lowest BCUT2D eigenvalue weighted by Crippen LogP contribution is -2.51. The van der Waals surface area contributed by atoms with E-state index in [0.29, 0.717) is 65.8 Å². The Labute approximate surface area is 359 Å². The van der Waals surface area contributed by atoms with Gasteiger partial charge >= 0.3 is 6.18 Å². The molecule has 5 aromatic carbocycles. The molecule has 4 aliphatic heterocycles. The molecule has 0 fully saturated rings. The summed E-state index contributed by atoms with van der Waals surface area (Å²) in [4.78, 5) is 30.7. The van der Waals surface area contributed by atoms with Crippen LogP contribution in [0.4, 0.5) is 24.5 Å². The zero-order valence-electron chi connectivity index (χ0n) is 35.6. The van der Waals surface area contributed by atoms with Gasteiger partial charge in [0, 0.05) is 47.5 Å². The van der Waals surface area contributed by atoms with Gasteiger partial charge in [0.25, 0.3) is 0 Å². The van der Waals surface area contributed by atoms with E-state index in [9.17, 15) is 28.0 Å². The molecule has 0 saturated carbocycles. The second-order valence-electron chi connectivity index (χ2n) is 17.3. The molecule has 2 amide bonds. The molecule has 9 rings (SSSR count). The van der Waals surface area contributed by atoms with Crippen LogP contribution in [0.3, 0.4) is 0 Å². The third-order valence-electron chi connectivity index (χ3n) is 11.9. The lowest BCUT2D eigenvalue weighted by atomic mass is 9.67. The van der Waals surface area contributed by atoms with Gasteiger partial charge in [0.05, 0.1) is 31.4 Å². The molecular formula is C50H48F3N3O6. The molecular weight excluding hydrogens is 796 g/mol. The smallest absolute Gasteiger partial charge is 0.406 e. The van der Waals surface area contributed by atoms with Crippen molar-refractivity contribution >= 4 is 23.2 Å². The number of para-hydroxylation sites is 2. The topological polar surface area (TPSA) is 101 Å².